The molecule has 0 spiro atoms. The highest BCUT2D eigenvalue weighted by Gasteiger charge is 2.47. The van der Waals surface area contributed by atoms with Gasteiger partial charge in [-0.2, -0.15) is 0 Å². The van der Waals surface area contributed by atoms with Crippen LogP contribution in [-0.2, 0) is 9.53 Å². The van der Waals surface area contributed by atoms with Gasteiger partial charge in [0.15, 0.2) is 0 Å². The molecule has 6 heteroatoms. The number of rotatable bonds is 7. The Kier molecular flexibility index (Phi) is 5.04. The van der Waals surface area contributed by atoms with E-state index in [4.69, 9.17) is 9.47 Å². The third-order valence-corrected chi connectivity index (χ3v) is 4.86. The molecule has 0 radical (unpaired) electrons. The number of likely N-dealkylation sites (tertiary alicyclic amines) is 1. The lowest BCUT2D eigenvalue weighted by Gasteiger charge is -2.18. The minimum atomic E-state index is -0.799. The standard InChI is InChI=1S/C18H23NO5/c1-23-8-9-24-16-5-3-2-4-13(16)17(20)19-10-14(12-6-7-12)15(11-19)18(21)22/h2-5,12,14-15H,6-11H2,1H3,(H,21,22)/t14-,15+/m1/s1. The van der Waals surface area contributed by atoms with Crippen molar-refractivity contribution in [1.82, 2.24) is 4.90 Å². The number of methoxy groups -OCH3 is 1. The molecule has 1 N–H and O–H groups in total. The summed E-state index contributed by atoms with van der Waals surface area (Å²) in [6, 6.07) is 7.09. The van der Waals surface area contributed by atoms with Crippen molar-refractivity contribution in [3.8, 4) is 5.75 Å². The number of carboxylic acids is 1. The Morgan fingerprint density at radius 1 is 1.21 bits per heavy atom. The molecule has 1 heterocycles. The molecule has 0 unspecified atom stereocenters. The van der Waals surface area contributed by atoms with Crippen LogP contribution in [0.15, 0.2) is 24.3 Å². The molecule has 6 nitrogen and oxygen atoms in total. The molecular formula is C18H23NO5. The van der Waals surface area contributed by atoms with E-state index in [1.807, 2.05) is 6.07 Å². The van der Waals surface area contributed by atoms with Crippen molar-refractivity contribution in [3.05, 3.63) is 29.8 Å². The predicted octanol–water partition coefficient (Wildman–Crippen LogP) is 1.89. The lowest BCUT2D eigenvalue weighted by molar-refractivity contribution is -0.142. The molecule has 0 bridgehead atoms. The molecule has 2 fully saturated rings. The molecule has 1 saturated heterocycles. The molecule has 3 rings (SSSR count). The molecule has 24 heavy (non-hydrogen) atoms. The van der Waals surface area contributed by atoms with E-state index in [9.17, 15) is 14.7 Å². The number of carbonyl (C=O) groups excluding carboxylic acids is 1. The first kappa shape index (κ1) is 16.8. The fraction of sp³-hybridized carbons (Fsp3) is 0.556. The zero-order valence-electron chi connectivity index (χ0n) is 13.8. The summed E-state index contributed by atoms with van der Waals surface area (Å²) in [7, 11) is 1.59. The largest absolute Gasteiger partial charge is 0.490 e. The molecule has 1 amide bonds. The normalized spacial score (nSPS) is 23.3. The molecule has 1 saturated carbocycles. The SMILES string of the molecule is COCCOc1ccccc1C(=O)N1C[C@H](C(=O)O)[C@@H](C2CC2)C1. The monoisotopic (exact) mass is 333 g/mol. The van der Waals surface area contributed by atoms with Crippen LogP contribution >= 0.6 is 0 Å². The smallest absolute Gasteiger partial charge is 0.308 e. The van der Waals surface area contributed by atoms with E-state index in [2.05, 4.69) is 0 Å². The first-order valence-electron chi connectivity index (χ1n) is 8.34. The van der Waals surface area contributed by atoms with Gasteiger partial charge in [0.25, 0.3) is 5.91 Å². The second-order valence-corrected chi connectivity index (χ2v) is 6.49. The summed E-state index contributed by atoms with van der Waals surface area (Å²) >= 11 is 0. The third kappa shape index (κ3) is 3.53. The number of hydrogen-bond donors (Lipinski definition) is 1. The number of amides is 1. The molecule has 2 aliphatic rings. The Labute approximate surface area is 141 Å². The van der Waals surface area contributed by atoms with Crippen LogP contribution in [0.3, 0.4) is 0 Å². The van der Waals surface area contributed by atoms with E-state index in [-0.39, 0.29) is 18.4 Å². The zero-order chi connectivity index (χ0) is 17.1. The van der Waals surface area contributed by atoms with Crippen LogP contribution in [0, 0.1) is 17.8 Å². The van der Waals surface area contributed by atoms with Crippen LogP contribution in [0.4, 0.5) is 0 Å². The van der Waals surface area contributed by atoms with E-state index in [1.54, 1.807) is 30.2 Å². The predicted molar refractivity (Wildman–Crippen MR) is 87.1 cm³/mol. The molecular weight excluding hydrogens is 310 g/mol. The maximum atomic E-state index is 12.9. The third-order valence-electron chi connectivity index (χ3n) is 4.86. The van der Waals surface area contributed by atoms with E-state index >= 15 is 0 Å². The van der Waals surface area contributed by atoms with Gasteiger partial charge in [0.2, 0.25) is 0 Å². The van der Waals surface area contributed by atoms with E-state index < -0.39 is 11.9 Å². The van der Waals surface area contributed by atoms with Crippen LogP contribution in [0.25, 0.3) is 0 Å². The minimum Gasteiger partial charge on any atom is -0.490 e. The van der Waals surface area contributed by atoms with Gasteiger partial charge in [-0.15, -0.1) is 0 Å². The van der Waals surface area contributed by atoms with Gasteiger partial charge in [-0.1, -0.05) is 12.1 Å². The number of para-hydroxylation sites is 1. The summed E-state index contributed by atoms with van der Waals surface area (Å²) in [6.45, 7) is 1.61. The number of aliphatic carboxylic acids is 1. The van der Waals surface area contributed by atoms with Gasteiger partial charge >= 0.3 is 5.97 Å². The van der Waals surface area contributed by atoms with Crippen LogP contribution in [0.5, 0.6) is 5.75 Å². The molecule has 1 aliphatic heterocycles. The summed E-state index contributed by atoms with van der Waals surface area (Å²) in [5, 5.41) is 9.45. The molecule has 130 valence electrons. The van der Waals surface area contributed by atoms with Crippen molar-refractivity contribution < 1.29 is 24.2 Å². The zero-order valence-corrected chi connectivity index (χ0v) is 13.8. The average Bonchev–Trinajstić information content (AvgIpc) is 3.33. The first-order chi connectivity index (χ1) is 11.6. The van der Waals surface area contributed by atoms with Crippen molar-refractivity contribution in [2.24, 2.45) is 17.8 Å². The molecule has 1 aromatic rings. The average molecular weight is 333 g/mol. The Morgan fingerprint density at radius 3 is 2.62 bits per heavy atom. The molecule has 2 atom stereocenters. The fourth-order valence-corrected chi connectivity index (χ4v) is 3.43. The van der Waals surface area contributed by atoms with Crippen molar-refractivity contribution in [2.75, 3.05) is 33.4 Å². The summed E-state index contributed by atoms with van der Waals surface area (Å²) in [4.78, 5) is 26.1. The van der Waals surface area contributed by atoms with Crippen LogP contribution < -0.4 is 4.74 Å². The quantitative estimate of drug-likeness (QED) is 0.771. The highest BCUT2D eigenvalue weighted by molar-refractivity contribution is 5.97. The van der Waals surface area contributed by atoms with E-state index in [0.29, 0.717) is 37.0 Å². The van der Waals surface area contributed by atoms with Crippen molar-refractivity contribution >= 4 is 11.9 Å². The number of carbonyl (C=O) groups is 2. The van der Waals surface area contributed by atoms with Gasteiger partial charge in [0, 0.05) is 20.2 Å². The van der Waals surface area contributed by atoms with E-state index in [0.717, 1.165) is 12.8 Å². The minimum absolute atomic E-state index is 0.0769. The summed E-state index contributed by atoms with van der Waals surface area (Å²) in [5.74, 6) is -0.362. The highest BCUT2D eigenvalue weighted by atomic mass is 16.5. The van der Waals surface area contributed by atoms with Crippen LogP contribution in [0.2, 0.25) is 0 Å². The number of ether oxygens (including phenoxy) is 2. The molecule has 1 aromatic carbocycles. The Bertz CT molecular complexity index is 613. The Morgan fingerprint density at radius 2 is 1.96 bits per heavy atom. The molecule has 1 aliphatic carbocycles. The van der Waals surface area contributed by atoms with Gasteiger partial charge < -0.3 is 19.5 Å². The van der Waals surface area contributed by atoms with Crippen molar-refractivity contribution in [1.29, 1.82) is 0 Å². The van der Waals surface area contributed by atoms with Crippen molar-refractivity contribution in [3.63, 3.8) is 0 Å². The lowest BCUT2D eigenvalue weighted by atomic mass is 9.92. The fourth-order valence-electron chi connectivity index (χ4n) is 3.43. The number of nitrogens with zero attached hydrogens (tertiary/aromatic N) is 1. The van der Waals surface area contributed by atoms with Crippen LogP contribution in [-0.4, -0.2) is 55.3 Å². The maximum Gasteiger partial charge on any atom is 0.308 e. The van der Waals surface area contributed by atoms with Crippen molar-refractivity contribution in [2.45, 2.75) is 12.8 Å². The van der Waals surface area contributed by atoms with Gasteiger partial charge in [0.1, 0.15) is 12.4 Å². The summed E-state index contributed by atoms with van der Waals surface area (Å²) in [6.07, 6.45) is 2.15. The Hall–Kier alpha value is -2.08. The van der Waals surface area contributed by atoms with Gasteiger partial charge in [-0.3, -0.25) is 9.59 Å². The molecule has 0 aromatic heterocycles. The second kappa shape index (κ2) is 7.21. The Balaban J connectivity index is 1.73. The second-order valence-electron chi connectivity index (χ2n) is 6.49. The number of benzene rings is 1. The van der Waals surface area contributed by atoms with Gasteiger partial charge in [-0.25, -0.2) is 0 Å². The highest BCUT2D eigenvalue weighted by Crippen LogP contribution is 2.44. The topological polar surface area (TPSA) is 76.1 Å². The van der Waals surface area contributed by atoms with E-state index in [1.165, 1.54) is 0 Å². The van der Waals surface area contributed by atoms with Gasteiger partial charge in [0.05, 0.1) is 18.1 Å². The van der Waals surface area contributed by atoms with Gasteiger partial charge in [-0.05, 0) is 36.8 Å². The maximum absolute atomic E-state index is 12.9. The number of carboxylic acid groups (broad SMARTS) is 1. The first-order valence-corrected chi connectivity index (χ1v) is 8.34. The van der Waals surface area contributed by atoms with Crippen LogP contribution in [0.1, 0.15) is 23.2 Å². The summed E-state index contributed by atoms with van der Waals surface area (Å²) in [5.41, 5.74) is 0.481. The lowest BCUT2D eigenvalue weighted by Crippen LogP contribution is -2.30. The number of hydrogen-bond acceptors (Lipinski definition) is 4. The summed E-state index contributed by atoms with van der Waals surface area (Å²) < 4.78 is 10.6.